The molecule has 1 aliphatic carbocycles. The zero-order chi connectivity index (χ0) is 20.2. The Morgan fingerprint density at radius 2 is 2.00 bits per heavy atom. The summed E-state index contributed by atoms with van der Waals surface area (Å²) in [5.74, 6) is 1.31. The fraction of sp³-hybridized carbons (Fsp3) is 0.652. The van der Waals surface area contributed by atoms with Gasteiger partial charge in [-0.1, -0.05) is 57.4 Å². The van der Waals surface area contributed by atoms with Crippen LogP contribution in [-0.2, 0) is 15.4 Å². The second-order valence-corrected chi connectivity index (χ2v) is 10.9. The zero-order valence-corrected chi connectivity index (χ0v) is 18.5. The Balaban J connectivity index is 1.60. The first kappa shape index (κ1) is 21.4. The van der Waals surface area contributed by atoms with Gasteiger partial charge < -0.3 is 0 Å². The molecule has 0 bridgehead atoms. The van der Waals surface area contributed by atoms with Crippen molar-refractivity contribution in [3.8, 4) is 0 Å². The molecular weight excluding hydrogens is 368 g/mol. The van der Waals surface area contributed by atoms with Gasteiger partial charge in [-0.05, 0) is 60.8 Å². The van der Waals surface area contributed by atoms with Crippen LogP contribution in [0.1, 0.15) is 57.9 Å². The summed E-state index contributed by atoms with van der Waals surface area (Å²) in [7, 11) is -3.25. The molecule has 0 amide bonds. The molecule has 4 nitrogen and oxygen atoms in total. The molecule has 1 saturated carbocycles. The number of nitrogens with zero attached hydrogens (tertiary/aromatic N) is 1. The summed E-state index contributed by atoms with van der Waals surface area (Å²) in [4.78, 5) is 2.56. The van der Waals surface area contributed by atoms with Crippen molar-refractivity contribution in [3.63, 3.8) is 0 Å². The van der Waals surface area contributed by atoms with E-state index in [0.29, 0.717) is 11.6 Å². The number of likely N-dealkylation sites (tertiary alicyclic amines) is 1. The van der Waals surface area contributed by atoms with Crippen LogP contribution in [0.25, 0.3) is 0 Å². The number of allylic oxidation sites excluding steroid dienone is 1. The van der Waals surface area contributed by atoms with Gasteiger partial charge in [0.2, 0.25) is 10.0 Å². The number of anilines is 1. The molecule has 1 N–H and O–H groups in total. The quantitative estimate of drug-likeness (QED) is 0.693. The average molecular weight is 405 g/mol. The minimum Gasteiger partial charge on any atom is -0.299 e. The maximum Gasteiger partial charge on any atom is 0.229 e. The molecule has 0 aromatic heterocycles. The summed E-state index contributed by atoms with van der Waals surface area (Å²) in [6.07, 6.45) is 14.1. The van der Waals surface area contributed by atoms with Crippen molar-refractivity contribution in [2.24, 2.45) is 11.8 Å². The number of nitrogens with one attached hydrogen (secondary N) is 1. The molecule has 0 radical (unpaired) electrons. The van der Waals surface area contributed by atoms with Crippen molar-refractivity contribution >= 4 is 15.7 Å². The molecule has 0 spiro atoms. The lowest BCUT2D eigenvalue weighted by molar-refractivity contribution is 0.121. The molecule has 1 saturated heterocycles. The Morgan fingerprint density at radius 3 is 2.68 bits per heavy atom. The third kappa shape index (κ3) is 5.60. The molecule has 2 fully saturated rings. The van der Waals surface area contributed by atoms with Gasteiger partial charge in [-0.25, -0.2) is 8.42 Å². The maximum atomic E-state index is 11.6. The second kappa shape index (κ2) is 9.00. The van der Waals surface area contributed by atoms with Crippen molar-refractivity contribution in [2.75, 3.05) is 30.6 Å². The minimum absolute atomic E-state index is 0.0682. The molecular formula is C23H36N2O2S. The summed E-state index contributed by atoms with van der Waals surface area (Å²) < 4.78 is 25.7. The van der Waals surface area contributed by atoms with Gasteiger partial charge in [-0.15, -0.1) is 0 Å². The molecule has 2 aliphatic rings. The van der Waals surface area contributed by atoms with E-state index in [0.717, 1.165) is 32.0 Å². The van der Waals surface area contributed by atoms with E-state index in [4.69, 9.17) is 0 Å². The lowest BCUT2D eigenvalue weighted by Crippen LogP contribution is -2.47. The highest BCUT2D eigenvalue weighted by Gasteiger charge is 2.37. The van der Waals surface area contributed by atoms with E-state index in [1.807, 2.05) is 18.2 Å². The van der Waals surface area contributed by atoms with Crippen LogP contribution in [0.3, 0.4) is 0 Å². The number of benzene rings is 1. The van der Waals surface area contributed by atoms with Gasteiger partial charge in [0.15, 0.2) is 0 Å². The van der Waals surface area contributed by atoms with Crippen molar-refractivity contribution in [1.82, 2.24) is 4.90 Å². The van der Waals surface area contributed by atoms with E-state index in [1.54, 1.807) is 0 Å². The van der Waals surface area contributed by atoms with Crippen molar-refractivity contribution in [3.05, 3.63) is 42.0 Å². The van der Waals surface area contributed by atoms with E-state index in [9.17, 15) is 8.42 Å². The molecule has 1 aromatic carbocycles. The Morgan fingerprint density at radius 1 is 1.25 bits per heavy atom. The number of hydrogen-bond donors (Lipinski definition) is 1. The van der Waals surface area contributed by atoms with Crippen LogP contribution >= 0.6 is 0 Å². The second-order valence-electron chi connectivity index (χ2n) is 9.11. The van der Waals surface area contributed by atoms with Crippen LogP contribution in [0.2, 0.25) is 0 Å². The van der Waals surface area contributed by atoms with Gasteiger partial charge in [0.1, 0.15) is 0 Å². The fourth-order valence-corrected chi connectivity index (χ4v) is 5.35. The van der Waals surface area contributed by atoms with Crippen LogP contribution in [0, 0.1) is 11.8 Å². The highest BCUT2D eigenvalue weighted by Crippen LogP contribution is 2.40. The Kier molecular flexibility index (Phi) is 6.87. The molecule has 1 aliphatic heterocycles. The maximum absolute atomic E-state index is 11.6. The third-order valence-corrected chi connectivity index (χ3v) is 7.42. The molecule has 28 heavy (non-hydrogen) atoms. The lowest BCUT2D eigenvalue weighted by atomic mass is 9.68. The molecule has 156 valence electrons. The van der Waals surface area contributed by atoms with Gasteiger partial charge in [-0.2, -0.15) is 0 Å². The van der Waals surface area contributed by atoms with Gasteiger partial charge >= 0.3 is 0 Å². The van der Waals surface area contributed by atoms with E-state index in [1.165, 1.54) is 43.9 Å². The van der Waals surface area contributed by atoms with E-state index >= 15 is 0 Å². The largest absolute Gasteiger partial charge is 0.299 e. The Bertz CT molecular complexity index is 784. The molecule has 2 unspecified atom stereocenters. The van der Waals surface area contributed by atoms with Crippen LogP contribution in [0.4, 0.5) is 5.69 Å². The van der Waals surface area contributed by atoms with Gasteiger partial charge in [0.25, 0.3) is 0 Å². The minimum atomic E-state index is -3.25. The Labute approximate surface area is 171 Å². The van der Waals surface area contributed by atoms with Crippen molar-refractivity contribution in [1.29, 1.82) is 0 Å². The topological polar surface area (TPSA) is 49.4 Å². The predicted octanol–water partition coefficient (Wildman–Crippen LogP) is 4.79. The third-order valence-electron chi connectivity index (χ3n) is 6.81. The smallest absolute Gasteiger partial charge is 0.229 e. The van der Waals surface area contributed by atoms with Crippen LogP contribution in [0.15, 0.2) is 36.4 Å². The molecule has 3 rings (SSSR count). The van der Waals surface area contributed by atoms with Crippen LogP contribution in [0.5, 0.6) is 0 Å². The van der Waals surface area contributed by atoms with Crippen molar-refractivity contribution < 1.29 is 8.42 Å². The first-order chi connectivity index (χ1) is 13.3. The number of hydrogen-bond acceptors (Lipinski definition) is 3. The van der Waals surface area contributed by atoms with E-state index < -0.39 is 10.0 Å². The monoisotopic (exact) mass is 404 g/mol. The predicted molar refractivity (Wildman–Crippen MR) is 118 cm³/mol. The van der Waals surface area contributed by atoms with Crippen molar-refractivity contribution in [2.45, 2.75) is 57.8 Å². The number of rotatable bonds is 6. The highest BCUT2D eigenvalue weighted by molar-refractivity contribution is 7.92. The summed E-state index contributed by atoms with van der Waals surface area (Å²) >= 11 is 0. The Hall–Kier alpha value is -1.33. The molecule has 2 atom stereocenters. The number of piperidine rings is 1. The molecule has 1 aromatic rings. The summed E-state index contributed by atoms with van der Waals surface area (Å²) in [5.41, 5.74) is 1.95. The molecule has 1 heterocycles. The van der Waals surface area contributed by atoms with E-state index in [2.05, 4.69) is 41.7 Å². The van der Waals surface area contributed by atoms with E-state index in [-0.39, 0.29) is 5.41 Å². The highest BCUT2D eigenvalue weighted by atomic mass is 32.2. The van der Waals surface area contributed by atoms with Crippen LogP contribution < -0.4 is 4.72 Å². The van der Waals surface area contributed by atoms with Gasteiger partial charge in [-0.3, -0.25) is 9.62 Å². The normalized spacial score (nSPS) is 27.9. The summed E-state index contributed by atoms with van der Waals surface area (Å²) in [5, 5.41) is 0. The van der Waals surface area contributed by atoms with Gasteiger partial charge in [0, 0.05) is 18.8 Å². The average Bonchev–Trinajstić information content (AvgIpc) is 2.64. The first-order valence-corrected chi connectivity index (χ1v) is 12.6. The first-order valence-electron chi connectivity index (χ1n) is 10.7. The molecule has 5 heteroatoms. The summed E-state index contributed by atoms with van der Waals surface area (Å²) in [6.45, 7) is 7.86. The zero-order valence-electron chi connectivity index (χ0n) is 17.7. The lowest BCUT2D eigenvalue weighted by Gasteiger charge is -2.45. The number of sulfonamides is 1. The standard InChI is InChI=1S/C23H36N2O2S/c1-19-18-25(15-8-11-20-9-5-4-6-10-20)16-14-23(19,2)21-12-7-13-22(17-21)24-28(3,26)27/h7-8,11-13,17,19-20,24H,4-6,9-10,14-16,18H2,1-3H3/b11-8+. The van der Waals surface area contributed by atoms with Crippen LogP contribution in [-0.4, -0.2) is 39.2 Å². The van der Waals surface area contributed by atoms with Gasteiger partial charge in [0.05, 0.1) is 6.26 Å². The SMILES string of the molecule is CC1CN(C/C=C/C2CCCCC2)CCC1(C)c1cccc(NS(C)(=O)=O)c1. The summed E-state index contributed by atoms with van der Waals surface area (Å²) in [6, 6.07) is 7.93. The fourth-order valence-electron chi connectivity index (χ4n) is 4.79.